The number of fused-ring (bicyclic) bond motifs is 7. The Labute approximate surface area is 288 Å². The maximum Gasteiger partial charge on any atom is 0.273 e. The number of anilines is 3. The summed E-state index contributed by atoms with van der Waals surface area (Å²) >= 11 is 1.88. The number of nitrogens with zero attached hydrogens (tertiary/aromatic N) is 1. The molecule has 0 bridgehead atoms. The number of ether oxygens (including phenoxy) is 2. The molecule has 0 amide bonds. The van der Waals surface area contributed by atoms with Crippen molar-refractivity contribution in [3.63, 3.8) is 0 Å². The van der Waals surface area contributed by atoms with Crippen LogP contribution in [0.5, 0.6) is 23.0 Å². The fourth-order valence-corrected chi connectivity index (χ4v) is 9.97. The van der Waals surface area contributed by atoms with E-state index in [0.29, 0.717) is 0 Å². The average molecular weight is 646 g/mol. The first-order chi connectivity index (χ1) is 23.2. The van der Waals surface area contributed by atoms with Crippen LogP contribution in [0.2, 0.25) is 0 Å². The average Bonchev–Trinajstić information content (AvgIpc) is 3.53. The van der Waals surface area contributed by atoms with Gasteiger partial charge in [0.05, 0.1) is 5.69 Å². The van der Waals surface area contributed by atoms with Gasteiger partial charge in [-0.25, -0.2) is 0 Å². The quantitative estimate of drug-likeness (QED) is 0.168. The number of hydrogen-bond donors (Lipinski definition) is 0. The van der Waals surface area contributed by atoms with E-state index in [-0.39, 0.29) is 17.5 Å². The van der Waals surface area contributed by atoms with E-state index >= 15 is 0 Å². The zero-order valence-electron chi connectivity index (χ0n) is 28.4. The first-order valence-electron chi connectivity index (χ1n) is 17.4. The molecule has 9 rings (SSSR count). The summed E-state index contributed by atoms with van der Waals surface area (Å²) in [6.07, 6.45) is 4.58. The molecular formula is C43H40BNO2S. The Kier molecular flexibility index (Phi) is 6.65. The van der Waals surface area contributed by atoms with Gasteiger partial charge in [0, 0.05) is 43.8 Å². The highest BCUT2D eigenvalue weighted by molar-refractivity contribution is 7.33. The van der Waals surface area contributed by atoms with E-state index in [9.17, 15) is 0 Å². The highest BCUT2D eigenvalue weighted by atomic mass is 32.1. The lowest BCUT2D eigenvalue weighted by molar-refractivity contribution is 0.402. The van der Waals surface area contributed by atoms with Crippen molar-refractivity contribution in [1.82, 2.24) is 0 Å². The molecule has 0 fully saturated rings. The summed E-state index contributed by atoms with van der Waals surface area (Å²) in [5, 5.41) is 1.22. The molecule has 0 unspecified atom stereocenters. The maximum atomic E-state index is 7.09. The minimum absolute atomic E-state index is 0.0414. The van der Waals surface area contributed by atoms with Crippen molar-refractivity contribution in [3.8, 4) is 23.0 Å². The Balaban J connectivity index is 1.29. The van der Waals surface area contributed by atoms with Crippen molar-refractivity contribution in [2.75, 3.05) is 4.90 Å². The molecule has 0 radical (unpaired) electrons. The molecule has 3 heterocycles. The lowest BCUT2D eigenvalue weighted by Gasteiger charge is -2.34. The molecule has 48 heavy (non-hydrogen) atoms. The van der Waals surface area contributed by atoms with Crippen molar-refractivity contribution in [2.24, 2.45) is 0 Å². The highest BCUT2D eigenvalue weighted by Gasteiger charge is 2.47. The van der Waals surface area contributed by atoms with Crippen molar-refractivity contribution in [2.45, 2.75) is 71.1 Å². The van der Waals surface area contributed by atoms with E-state index in [1.54, 1.807) is 0 Å². The summed E-state index contributed by atoms with van der Waals surface area (Å²) in [7, 11) is 0. The van der Waals surface area contributed by atoms with Gasteiger partial charge in [-0.05, 0) is 94.7 Å². The molecule has 3 aliphatic rings. The van der Waals surface area contributed by atoms with Crippen molar-refractivity contribution in [1.29, 1.82) is 0 Å². The first-order valence-corrected chi connectivity index (χ1v) is 18.2. The summed E-state index contributed by atoms with van der Waals surface area (Å²) in [6.45, 7) is 11.9. The fraction of sp³-hybridized carbons (Fsp3) is 0.256. The predicted octanol–water partition coefficient (Wildman–Crippen LogP) is 10.4. The molecule has 1 aromatic heterocycles. The fourth-order valence-electron chi connectivity index (χ4n) is 8.73. The summed E-state index contributed by atoms with van der Waals surface area (Å²) in [4.78, 5) is 2.30. The molecule has 6 aromatic rings. The van der Waals surface area contributed by atoms with Gasteiger partial charge in [-0.3, -0.25) is 0 Å². The molecule has 5 heteroatoms. The minimum atomic E-state index is 0.0414. The largest absolute Gasteiger partial charge is 0.458 e. The van der Waals surface area contributed by atoms with E-state index in [0.717, 1.165) is 58.4 Å². The Morgan fingerprint density at radius 2 is 1.35 bits per heavy atom. The lowest BCUT2D eigenvalue weighted by atomic mass is 9.37. The molecule has 5 aromatic carbocycles. The zero-order chi connectivity index (χ0) is 32.8. The van der Waals surface area contributed by atoms with Gasteiger partial charge >= 0.3 is 0 Å². The van der Waals surface area contributed by atoms with Gasteiger partial charge in [-0.15, -0.1) is 11.3 Å². The van der Waals surface area contributed by atoms with Crippen LogP contribution < -0.4 is 30.1 Å². The van der Waals surface area contributed by atoms with Crippen LogP contribution in [-0.4, -0.2) is 6.71 Å². The van der Waals surface area contributed by atoms with E-state index < -0.39 is 0 Å². The van der Waals surface area contributed by atoms with Gasteiger partial charge in [0.25, 0.3) is 6.71 Å². The molecule has 0 saturated heterocycles. The Hall–Kier alpha value is -4.48. The molecule has 1 aliphatic carbocycles. The highest BCUT2D eigenvalue weighted by Crippen LogP contribution is 2.52. The Morgan fingerprint density at radius 3 is 2.02 bits per heavy atom. The summed E-state index contributed by atoms with van der Waals surface area (Å²) in [5.41, 5.74) is 9.98. The Bertz CT molecular complexity index is 2180. The number of rotatable bonds is 6. The normalized spacial score (nSPS) is 16.0. The van der Waals surface area contributed by atoms with Crippen molar-refractivity contribution >= 4 is 60.9 Å². The van der Waals surface area contributed by atoms with Crippen LogP contribution >= 0.6 is 11.3 Å². The van der Waals surface area contributed by atoms with Crippen LogP contribution in [0.25, 0.3) is 10.1 Å². The summed E-state index contributed by atoms with van der Waals surface area (Å²) < 4.78 is 16.7. The number of thiophene rings is 1. The smallest absolute Gasteiger partial charge is 0.273 e. The molecule has 2 aliphatic heterocycles. The van der Waals surface area contributed by atoms with Crippen LogP contribution in [0.4, 0.5) is 17.1 Å². The minimum Gasteiger partial charge on any atom is -0.458 e. The van der Waals surface area contributed by atoms with Crippen LogP contribution in [0, 0.1) is 0 Å². The second kappa shape index (κ2) is 10.8. The second-order valence-electron chi connectivity index (χ2n) is 15.1. The molecule has 0 atom stereocenters. The van der Waals surface area contributed by atoms with Crippen LogP contribution in [0.1, 0.15) is 70.6 Å². The zero-order valence-corrected chi connectivity index (χ0v) is 29.2. The van der Waals surface area contributed by atoms with Gasteiger partial charge in [-0.1, -0.05) is 89.6 Å². The third-order valence-electron chi connectivity index (χ3n) is 10.7. The number of aryl methyl sites for hydroxylation is 1. The number of para-hydroxylation sites is 2. The van der Waals surface area contributed by atoms with Gasteiger partial charge in [0.15, 0.2) is 0 Å². The monoisotopic (exact) mass is 645 g/mol. The summed E-state index contributed by atoms with van der Waals surface area (Å²) in [6, 6.07) is 37.5. The van der Waals surface area contributed by atoms with E-state index in [1.165, 1.54) is 49.9 Å². The van der Waals surface area contributed by atoms with E-state index in [4.69, 9.17) is 9.47 Å². The number of benzene rings is 5. The van der Waals surface area contributed by atoms with Gasteiger partial charge < -0.3 is 14.4 Å². The number of unbranched alkanes of at least 4 members (excludes halogenated alkanes) is 1. The molecule has 0 spiro atoms. The van der Waals surface area contributed by atoms with Crippen LogP contribution in [-0.2, 0) is 17.3 Å². The second-order valence-corrected chi connectivity index (χ2v) is 16.2. The lowest BCUT2D eigenvalue weighted by Crippen LogP contribution is -2.56. The number of hydrogen-bond acceptors (Lipinski definition) is 4. The first kappa shape index (κ1) is 29.6. The molecule has 238 valence electrons. The van der Waals surface area contributed by atoms with Gasteiger partial charge in [-0.2, -0.15) is 0 Å². The molecule has 0 N–H and O–H groups in total. The topological polar surface area (TPSA) is 21.7 Å². The van der Waals surface area contributed by atoms with E-state index in [1.807, 2.05) is 11.3 Å². The summed E-state index contributed by atoms with van der Waals surface area (Å²) in [5.74, 6) is 3.73. The standard InChI is InChI=1S/C43H40BNO2S/c1-6-7-14-27-19-20-38-31(21-27)40-41(48-38)44-34-24-32-33(43(4,5)26-42(32,2)3)25-35(34)46-36-22-30(23-37(47-40)39(36)44)45(28-15-10-8-11-16-28)29-17-12-9-13-18-29/h8-13,15-25H,6-7,14,26H2,1-5H3. The van der Waals surface area contributed by atoms with Crippen LogP contribution in [0.15, 0.2) is 103 Å². The van der Waals surface area contributed by atoms with Gasteiger partial charge in [0.2, 0.25) is 0 Å². The molecule has 0 saturated carbocycles. The molecule has 3 nitrogen and oxygen atoms in total. The van der Waals surface area contributed by atoms with E-state index in [2.05, 4.69) is 143 Å². The maximum absolute atomic E-state index is 7.09. The SMILES string of the molecule is CCCCc1ccc2sc3c(c2c1)Oc1cc(N(c2ccccc2)c2ccccc2)cc2c1B3c1cc3c(cc1O2)C(C)(C)CC3(C)C. The Morgan fingerprint density at radius 1 is 0.708 bits per heavy atom. The van der Waals surface area contributed by atoms with Gasteiger partial charge in [0.1, 0.15) is 23.0 Å². The van der Waals surface area contributed by atoms with Crippen molar-refractivity contribution in [3.05, 3.63) is 120 Å². The third-order valence-corrected chi connectivity index (χ3v) is 11.9. The van der Waals surface area contributed by atoms with Crippen LogP contribution in [0.3, 0.4) is 0 Å². The van der Waals surface area contributed by atoms with Crippen molar-refractivity contribution < 1.29 is 9.47 Å². The third kappa shape index (κ3) is 4.54. The predicted molar refractivity (Wildman–Crippen MR) is 203 cm³/mol. The molecular weight excluding hydrogens is 605 g/mol.